The summed E-state index contributed by atoms with van der Waals surface area (Å²) in [7, 11) is 0. The monoisotopic (exact) mass is 279 g/mol. The summed E-state index contributed by atoms with van der Waals surface area (Å²) in [6, 6.07) is -0.303. The van der Waals surface area contributed by atoms with Gasteiger partial charge in [0.1, 0.15) is 6.04 Å². The van der Waals surface area contributed by atoms with E-state index in [1.807, 2.05) is 16.5 Å². The van der Waals surface area contributed by atoms with E-state index in [1.165, 1.54) is 0 Å². The van der Waals surface area contributed by atoms with Gasteiger partial charge in [-0.1, -0.05) is 0 Å². The topological polar surface area (TPSA) is 62.3 Å². The molecular weight excluding hydrogens is 262 g/mol. The van der Waals surface area contributed by atoms with Gasteiger partial charge in [-0.25, -0.2) is 4.98 Å². The van der Waals surface area contributed by atoms with Crippen LogP contribution in [-0.2, 0) is 9.59 Å². The van der Waals surface area contributed by atoms with E-state index in [9.17, 15) is 9.59 Å². The van der Waals surface area contributed by atoms with Crippen LogP contribution in [0.25, 0.3) is 0 Å². The fourth-order valence-electron chi connectivity index (χ4n) is 2.83. The first-order valence-corrected chi connectivity index (χ1v) is 7.59. The molecule has 2 saturated heterocycles. The molecule has 2 atom stereocenters. The first-order valence-electron chi connectivity index (χ1n) is 6.71. The Labute approximate surface area is 116 Å². The SMILES string of the molecule is O=C1CCC(C(=O)N2CCCC(c3nccs3)C2)N1. The highest BCUT2D eigenvalue weighted by atomic mass is 32.1. The van der Waals surface area contributed by atoms with Crippen molar-refractivity contribution in [2.75, 3.05) is 13.1 Å². The number of amides is 2. The Balaban J connectivity index is 1.65. The molecule has 0 aromatic carbocycles. The third kappa shape index (κ3) is 2.63. The number of thiazole rings is 1. The minimum absolute atomic E-state index is 0.00756. The normalized spacial score (nSPS) is 27.4. The molecule has 5 nitrogen and oxygen atoms in total. The third-order valence-corrected chi connectivity index (χ3v) is 4.77. The van der Waals surface area contributed by atoms with Crippen molar-refractivity contribution < 1.29 is 9.59 Å². The number of hydrogen-bond donors (Lipinski definition) is 1. The van der Waals surface area contributed by atoms with Crippen LogP contribution < -0.4 is 5.32 Å². The first-order chi connectivity index (χ1) is 9.24. The highest BCUT2D eigenvalue weighted by molar-refractivity contribution is 7.09. The zero-order valence-electron chi connectivity index (χ0n) is 10.7. The molecule has 2 aliphatic heterocycles. The van der Waals surface area contributed by atoms with Crippen LogP contribution in [-0.4, -0.2) is 40.8 Å². The molecular formula is C13H17N3O2S. The molecule has 0 radical (unpaired) electrons. The van der Waals surface area contributed by atoms with Crippen molar-refractivity contribution in [3.8, 4) is 0 Å². The van der Waals surface area contributed by atoms with Gasteiger partial charge in [0.25, 0.3) is 0 Å². The summed E-state index contributed by atoms with van der Waals surface area (Å²) in [6.07, 6.45) is 5.03. The second kappa shape index (κ2) is 5.28. The molecule has 0 aliphatic carbocycles. The Hall–Kier alpha value is -1.43. The van der Waals surface area contributed by atoms with Gasteiger partial charge in [-0.05, 0) is 19.3 Å². The zero-order valence-corrected chi connectivity index (χ0v) is 11.5. The molecule has 1 aromatic rings. The van der Waals surface area contributed by atoms with Crippen LogP contribution in [0.4, 0.5) is 0 Å². The molecule has 1 aromatic heterocycles. The third-order valence-electron chi connectivity index (χ3n) is 3.83. The Bertz CT molecular complexity index is 474. The maximum atomic E-state index is 12.4. The Morgan fingerprint density at radius 1 is 1.47 bits per heavy atom. The van der Waals surface area contributed by atoms with Gasteiger partial charge in [0.05, 0.1) is 5.01 Å². The second-order valence-corrected chi connectivity index (χ2v) is 6.08. The summed E-state index contributed by atoms with van der Waals surface area (Å²) in [6.45, 7) is 1.53. The van der Waals surface area contributed by atoms with E-state index >= 15 is 0 Å². The number of carbonyl (C=O) groups excluding carboxylic acids is 2. The predicted molar refractivity (Wildman–Crippen MR) is 71.8 cm³/mol. The number of rotatable bonds is 2. The number of hydrogen-bond acceptors (Lipinski definition) is 4. The standard InChI is InChI=1S/C13H17N3O2S/c17-11-4-3-10(15-11)13(18)16-6-1-2-9(8-16)12-14-5-7-19-12/h5,7,9-10H,1-4,6,8H2,(H,15,17). The number of aromatic nitrogens is 1. The zero-order chi connectivity index (χ0) is 13.2. The van der Waals surface area contributed by atoms with Crippen molar-refractivity contribution in [3.63, 3.8) is 0 Å². The van der Waals surface area contributed by atoms with E-state index in [2.05, 4.69) is 10.3 Å². The molecule has 2 fully saturated rings. The number of nitrogens with zero attached hydrogens (tertiary/aromatic N) is 2. The van der Waals surface area contributed by atoms with Crippen molar-refractivity contribution in [2.24, 2.45) is 0 Å². The first kappa shape index (κ1) is 12.6. The van der Waals surface area contributed by atoms with Crippen molar-refractivity contribution in [2.45, 2.75) is 37.6 Å². The number of likely N-dealkylation sites (tertiary alicyclic amines) is 1. The van der Waals surface area contributed by atoms with Crippen molar-refractivity contribution in [1.82, 2.24) is 15.2 Å². The van der Waals surface area contributed by atoms with Crippen molar-refractivity contribution >= 4 is 23.2 Å². The van der Waals surface area contributed by atoms with Crippen LogP contribution >= 0.6 is 11.3 Å². The molecule has 1 N–H and O–H groups in total. The molecule has 0 saturated carbocycles. The highest BCUT2D eigenvalue weighted by Crippen LogP contribution is 2.28. The lowest BCUT2D eigenvalue weighted by Gasteiger charge is -2.33. The average molecular weight is 279 g/mol. The van der Waals surface area contributed by atoms with Gasteiger partial charge in [0.15, 0.2) is 0 Å². The van der Waals surface area contributed by atoms with Gasteiger partial charge < -0.3 is 10.2 Å². The molecule has 102 valence electrons. The van der Waals surface area contributed by atoms with E-state index in [1.54, 1.807) is 11.3 Å². The molecule has 0 spiro atoms. The molecule has 2 aliphatic rings. The van der Waals surface area contributed by atoms with Gasteiger partial charge in [-0.15, -0.1) is 11.3 Å². The molecule has 3 heterocycles. The number of nitrogens with one attached hydrogen (secondary N) is 1. The van der Waals surface area contributed by atoms with Gasteiger partial charge >= 0.3 is 0 Å². The molecule has 2 unspecified atom stereocenters. The van der Waals surface area contributed by atoms with E-state index < -0.39 is 0 Å². The molecule has 19 heavy (non-hydrogen) atoms. The summed E-state index contributed by atoms with van der Waals surface area (Å²) < 4.78 is 0. The van der Waals surface area contributed by atoms with Gasteiger partial charge in [0, 0.05) is 37.0 Å². The van der Waals surface area contributed by atoms with E-state index in [0.29, 0.717) is 18.8 Å². The van der Waals surface area contributed by atoms with Gasteiger partial charge in [0.2, 0.25) is 11.8 Å². The van der Waals surface area contributed by atoms with Crippen LogP contribution in [0.2, 0.25) is 0 Å². The maximum absolute atomic E-state index is 12.4. The van der Waals surface area contributed by atoms with Crippen molar-refractivity contribution in [1.29, 1.82) is 0 Å². The molecule has 2 amide bonds. The van der Waals surface area contributed by atoms with Gasteiger partial charge in [-0.2, -0.15) is 0 Å². The largest absolute Gasteiger partial charge is 0.344 e. The van der Waals surface area contributed by atoms with Gasteiger partial charge in [-0.3, -0.25) is 9.59 Å². The van der Waals surface area contributed by atoms with Crippen LogP contribution in [0.3, 0.4) is 0 Å². The van der Waals surface area contributed by atoms with Crippen LogP contribution in [0, 0.1) is 0 Å². The highest BCUT2D eigenvalue weighted by Gasteiger charge is 2.33. The number of piperidine rings is 1. The lowest BCUT2D eigenvalue weighted by Crippen LogP contribution is -2.47. The van der Waals surface area contributed by atoms with Crippen LogP contribution in [0.5, 0.6) is 0 Å². The molecule has 6 heteroatoms. The quantitative estimate of drug-likeness (QED) is 0.882. The fraction of sp³-hybridized carbons (Fsp3) is 0.615. The summed E-state index contributed by atoms with van der Waals surface area (Å²) >= 11 is 1.66. The summed E-state index contributed by atoms with van der Waals surface area (Å²) in [5.74, 6) is 0.425. The predicted octanol–water partition coefficient (Wildman–Crippen LogP) is 1.13. The Morgan fingerprint density at radius 2 is 2.37 bits per heavy atom. The second-order valence-electron chi connectivity index (χ2n) is 5.15. The van der Waals surface area contributed by atoms with E-state index in [0.717, 1.165) is 30.9 Å². The minimum atomic E-state index is -0.303. The molecule has 0 bridgehead atoms. The fourth-order valence-corrected chi connectivity index (χ4v) is 3.60. The molecule has 3 rings (SSSR count). The summed E-state index contributed by atoms with van der Waals surface area (Å²) in [4.78, 5) is 29.8. The van der Waals surface area contributed by atoms with E-state index in [-0.39, 0.29) is 17.9 Å². The van der Waals surface area contributed by atoms with E-state index in [4.69, 9.17) is 0 Å². The lowest BCUT2D eigenvalue weighted by atomic mass is 9.98. The lowest BCUT2D eigenvalue weighted by molar-refractivity contribution is -0.135. The smallest absolute Gasteiger partial charge is 0.245 e. The summed E-state index contributed by atoms with van der Waals surface area (Å²) in [5.41, 5.74) is 0. The Morgan fingerprint density at radius 3 is 3.05 bits per heavy atom. The van der Waals surface area contributed by atoms with Crippen LogP contribution in [0.1, 0.15) is 36.6 Å². The van der Waals surface area contributed by atoms with Crippen molar-refractivity contribution in [3.05, 3.63) is 16.6 Å². The maximum Gasteiger partial charge on any atom is 0.245 e. The number of carbonyl (C=O) groups is 2. The average Bonchev–Trinajstić information content (AvgIpc) is 3.09. The summed E-state index contributed by atoms with van der Waals surface area (Å²) in [5, 5.41) is 5.86. The minimum Gasteiger partial charge on any atom is -0.344 e. The van der Waals surface area contributed by atoms with Crippen LogP contribution in [0.15, 0.2) is 11.6 Å². The Kier molecular flexibility index (Phi) is 3.50.